The lowest BCUT2D eigenvalue weighted by Crippen LogP contribution is -2.41. The van der Waals surface area contributed by atoms with Gasteiger partial charge in [-0.3, -0.25) is 10.1 Å². The van der Waals surface area contributed by atoms with Crippen LogP contribution in [0.15, 0.2) is 16.3 Å². The predicted octanol–water partition coefficient (Wildman–Crippen LogP) is 3.14. The topological polar surface area (TPSA) is 88.6 Å². The fourth-order valence-electron chi connectivity index (χ4n) is 3.51. The molecule has 28 heavy (non-hydrogen) atoms. The third kappa shape index (κ3) is 4.16. The first-order chi connectivity index (χ1) is 13.6. The molecule has 2 aliphatic rings. The highest BCUT2D eigenvalue weighted by Crippen LogP contribution is 2.31. The molecule has 0 saturated carbocycles. The Hall–Kier alpha value is -1.33. The number of nitrogens with one attached hydrogen (secondary N) is 1. The number of thiazole rings is 1. The van der Waals surface area contributed by atoms with Crippen molar-refractivity contribution in [2.75, 3.05) is 31.6 Å². The van der Waals surface area contributed by atoms with Crippen LogP contribution >= 0.6 is 22.7 Å². The highest BCUT2D eigenvalue weighted by atomic mass is 32.2. The van der Waals surface area contributed by atoms with Crippen molar-refractivity contribution in [2.45, 2.75) is 43.4 Å². The molecular formula is C18H23N3O4S3. The second-order valence-electron chi connectivity index (χ2n) is 6.89. The Morgan fingerprint density at radius 2 is 1.89 bits per heavy atom. The van der Waals surface area contributed by atoms with Crippen molar-refractivity contribution in [2.24, 2.45) is 0 Å². The van der Waals surface area contributed by atoms with Gasteiger partial charge in [0.05, 0.1) is 18.9 Å². The van der Waals surface area contributed by atoms with Gasteiger partial charge in [0.25, 0.3) is 5.91 Å². The average Bonchev–Trinajstić information content (AvgIpc) is 3.30. The summed E-state index contributed by atoms with van der Waals surface area (Å²) in [5.41, 5.74) is 1.08. The van der Waals surface area contributed by atoms with Gasteiger partial charge in [0, 0.05) is 18.0 Å². The number of carbonyl (C=O) groups excluding carboxylic acids is 1. The smallest absolute Gasteiger partial charge is 0.268 e. The molecule has 0 bridgehead atoms. The van der Waals surface area contributed by atoms with Crippen LogP contribution in [-0.4, -0.2) is 49.9 Å². The Bertz CT molecular complexity index is 920. The molecule has 1 aliphatic carbocycles. The Kier molecular flexibility index (Phi) is 6.12. The number of aryl methyl sites for hydroxylation is 2. The first kappa shape index (κ1) is 20.0. The summed E-state index contributed by atoms with van der Waals surface area (Å²) < 4.78 is 32.5. The van der Waals surface area contributed by atoms with Gasteiger partial charge in [0.2, 0.25) is 10.0 Å². The summed E-state index contributed by atoms with van der Waals surface area (Å²) in [5.74, 6) is -0.413. The van der Waals surface area contributed by atoms with Gasteiger partial charge in [-0.25, -0.2) is 13.4 Å². The third-order valence-corrected chi connectivity index (χ3v) is 9.05. The van der Waals surface area contributed by atoms with Crippen molar-refractivity contribution in [3.63, 3.8) is 0 Å². The van der Waals surface area contributed by atoms with Crippen molar-refractivity contribution >= 4 is 43.7 Å². The largest absolute Gasteiger partial charge is 0.379 e. The van der Waals surface area contributed by atoms with E-state index in [2.05, 4.69) is 10.3 Å². The van der Waals surface area contributed by atoms with Gasteiger partial charge in [-0.2, -0.15) is 4.31 Å². The minimum Gasteiger partial charge on any atom is -0.379 e. The molecule has 0 atom stereocenters. The van der Waals surface area contributed by atoms with E-state index in [0.717, 1.165) is 42.7 Å². The zero-order valence-corrected chi connectivity index (χ0v) is 17.9. The maximum absolute atomic E-state index is 12.9. The number of sulfonamides is 1. The molecule has 3 heterocycles. The zero-order chi connectivity index (χ0) is 19.6. The van der Waals surface area contributed by atoms with E-state index in [1.807, 2.05) is 0 Å². The number of ether oxygens (including phenoxy) is 1. The number of anilines is 1. The van der Waals surface area contributed by atoms with Crippen LogP contribution in [0.5, 0.6) is 0 Å². The number of nitrogens with zero attached hydrogens (tertiary/aromatic N) is 2. The number of carbonyl (C=O) groups is 1. The Balaban J connectivity index is 1.54. The van der Waals surface area contributed by atoms with Crippen LogP contribution in [0.2, 0.25) is 0 Å². The number of fused-ring (bicyclic) bond motifs is 1. The van der Waals surface area contributed by atoms with Crippen molar-refractivity contribution in [1.82, 2.24) is 9.29 Å². The zero-order valence-electron chi connectivity index (χ0n) is 15.5. The van der Waals surface area contributed by atoms with Gasteiger partial charge in [-0.15, -0.1) is 22.7 Å². The molecule has 0 unspecified atom stereocenters. The first-order valence-corrected chi connectivity index (χ1v) is 12.6. The first-order valence-electron chi connectivity index (χ1n) is 9.51. The molecule has 1 amide bonds. The van der Waals surface area contributed by atoms with E-state index in [1.54, 1.807) is 5.38 Å². The molecule has 10 heteroatoms. The monoisotopic (exact) mass is 441 g/mol. The van der Waals surface area contributed by atoms with Gasteiger partial charge in [-0.05, 0) is 37.1 Å². The van der Waals surface area contributed by atoms with E-state index in [-0.39, 0.29) is 9.77 Å². The number of hydrogen-bond donors (Lipinski definition) is 1. The summed E-state index contributed by atoms with van der Waals surface area (Å²) in [6.07, 6.45) is 6.66. The third-order valence-electron chi connectivity index (χ3n) is 4.99. The Morgan fingerprint density at radius 3 is 2.68 bits per heavy atom. The fourth-order valence-corrected chi connectivity index (χ4v) is 7.25. The van der Waals surface area contributed by atoms with Gasteiger partial charge in [0.1, 0.15) is 9.77 Å². The highest BCUT2D eigenvalue weighted by Gasteiger charge is 2.31. The molecule has 0 aromatic carbocycles. The maximum Gasteiger partial charge on any atom is 0.268 e. The van der Waals surface area contributed by atoms with Gasteiger partial charge in [0.15, 0.2) is 5.13 Å². The second kappa shape index (κ2) is 8.58. The molecule has 152 valence electrons. The molecule has 4 rings (SSSR count). The van der Waals surface area contributed by atoms with Crippen LogP contribution in [0.3, 0.4) is 0 Å². The van der Waals surface area contributed by atoms with Crippen LogP contribution in [0.1, 0.15) is 45.9 Å². The summed E-state index contributed by atoms with van der Waals surface area (Å²) >= 11 is 2.65. The lowest BCUT2D eigenvalue weighted by molar-refractivity contribution is 0.0730. The van der Waals surface area contributed by atoms with Crippen molar-refractivity contribution < 1.29 is 17.9 Å². The molecule has 0 radical (unpaired) electrons. The van der Waals surface area contributed by atoms with Crippen LogP contribution in [0, 0.1) is 0 Å². The van der Waals surface area contributed by atoms with E-state index in [0.29, 0.717) is 31.4 Å². The molecule has 2 aromatic rings. The summed E-state index contributed by atoms with van der Waals surface area (Å²) in [6, 6.07) is 1.51. The number of amides is 1. The van der Waals surface area contributed by atoms with Gasteiger partial charge < -0.3 is 4.74 Å². The fraction of sp³-hybridized carbons (Fsp3) is 0.556. The number of morpholine rings is 1. The Labute approximate surface area is 172 Å². The van der Waals surface area contributed by atoms with E-state index >= 15 is 0 Å². The lowest BCUT2D eigenvalue weighted by Gasteiger charge is -2.25. The predicted molar refractivity (Wildman–Crippen MR) is 110 cm³/mol. The minimum atomic E-state index is -3.71. The SMILES string of the molecule is O=C(Nc1nc2c(s1)CCCCCC2)c1sccc1S(=O)(=O)N1CCOCC1. The molecule has 1 fully saturated rings. The average molecular weight is 442 g/mol. The number of hydrogen-bond acceptors (Lipinski definition) is 7. The lowest BCUT2D eigenvalue weighted by atomic mass is 10.0. The number of aromatic nitrogens is 1. The summed E-state index contributed by atoms with van der Waals surface area (Å²) in [7, 11) is -3.71. The summed E-state index contributed by atoms with van der Waals surface area (Å²) in [5, 5.41) is 5.03. The normalized spacial score (nSPS) is 18.9. The Morgan fingerprint density at radius 1 is 1.14 bits per heavy atom. The quantitative estimate of drug-likeness (QED) is 0.787. The number of rotatable bonds is 4. The number of thiophene rings is 1. The van der Waals surface area contributed by atoms with E-state index in [4.69, 9.17) is 4.74 Å². The molecule has 1 aliphatic heterocycles. The molecule has 2 aromatic heterocycles. The van der Waals surface area contributed by atoms with E-state index < -0.39 is 15.9 Å². The molecule has 0 spiro atoms. The summed E-state index contributed by atoms with van der Waals surface area (Å²) in [6.45, 7) is 1.35. The van der Waals surface area contributed by atoms with Crippen LogP contribution in [0.25, 0.3) is 0 Å². The molecule has 1 N–H and O–H groups in total. The van der Waals surface area contributed by atoms with Crippen molar-refractivity contribution in [1.29, 1.82) is 0 Å². The van der Waals surface area contributed by atoms with E-state index in [1.165, 1.54) is 39.4 Å². The van der Waals surface area contributed by atoms with Crippen LogP contribution in [-0.2, 0) is 27.6 Å². The molecular weight excluding hydrogens is 418 g/mol. The molecule has 7 nitrogen and oxygen atoms in total. The van der Waals surface area contributed by atoms with Crippen molar-refractivity contribution in [3.8, 4) is 0 Å². The maximum atomic E-state index is 12.9. The van der Waals surface area contributed by atoms with Crippen molar-refractivity contribution in [3.05, 3.63) is 26.9 Å². The van der Waals surface area contributed by atoms with Crippen LogP contribution in [0.4, 0.5) is 5.13 Å². The van der Waals surface area contributed by atoms with Gasteiger partial charge in [-0.1, -0.05) is 12.8 Å². The van der Waals surface area contributed by atoms with Crippen LogP contribution < -0.4 is 5.32 Å². The van der Waals surface area contributed by atoms with E-state index in [9.17, 15) is 13.2 Å². The molecule has 1 saturated heterocycles. The highest BCUT2D eigenvalue weighted by molar-refractivity contribution is 7.89. The second-order valence-corrected chi connectivity index (χ2v) is 10.8. The summed E-state index contributed by atoms with van der Waals surface area (Å²) in [4.78, 5) is 18.9. The standard InChI is InChI=1S/C18H23N3O4S3/c22-17(20-18-19-13-5-3-1-2-4-6-14(13)27-18)16-15(7-12-26-16)28(23,24)21-8-10-25-11-9-21/h7,12H,1-6,8-11H2,(H,19,20,22). The minimum absolute atomic E-state index is 0.0619. The van der Waals surface area contributed by atoms with Gasteiger partial charge >= 0.3 is 0 Å².